The Morgan fingerprint density at radius 1 is 1.50 bits per heavy atom. The van der Waals surface area contributed by atoms with E-state index in [0.717, 1.165) is 12.8 Å². The molecule has 1 aromatic rings. The van der Waals surface area contributed by atoms with Gasteiger partial charge in [0.15, 0.2) is 5.56 Å². The highest BCUT2D eigenvalue weighted by Gasteiger charge is 2.25. The molecule has 2 rings (SSSR count). The normalized spacial score (nSPS) is 16.8. The predicted molar refractivity (Wildman–Crippen MR) is 56.6 cm³/mol. The fourth-order valence-electron chi connectivity index (χ4n) is 2.43. The van der Waals surface area contributed by atoms with Crippen LogP contribution in [0, 0.1) is 5.92 Å². The molecule has 1 aliphatic carbocycles. The van der Waals surface area contributed by atoms with Crippen LogP contribution in [0.5, 0.6) is 0 Å². The van der Waals surface area contributed by atoms with Gasteiger partial charge in [-0.15, -0.1) is 0 Å². The van der Waals surface area contributed by atoms with Gasteiger partial charge in [-0.1, -0.05) is 25.7 Å². The molecule has 1 heterocycles. The molecule has 0 bridgehead atoms. The molecule has 0 aromatic carbocycles. The molecule has 0 unspecified atom stereocenters. The first-order valence-corrected chi connectivity index (χ1v) is 5.52. The van der Waals surface area contributed by atoms with E-state index in [-0.39, 0.29) is 5.56 Å². The maximum absolute atomic E-state index is 11.3. The zero-order chi connectivity index (χ0) is 11.7. The maximum atomic E-state index is 11.3. The van der Waals surface area contributed by atoms with E-state index in [1.165, 1.54) is 17.6 Å². The first-order valence-electron chi connectivity index (χ1n) is 5.52. The smallest absolute Gasteiger partial charge is 0.372 e. The van der Waals surface area contributed by atoms with Crippen molar-refractivity contribution in [2.45, 2.75) is 32.1 Å². The molecule has 1 fully saturated rings. The topological polar surface area (TPSA) is 72.4 Å². The Balaban J connectivity index is 2.31. The van der Waals surface area contributed by atoms with Crippen LogP contribution in [0.4, 0.5) is 0 Å². The average molecular weight is 225 g/mol. The molecule has 1 aliphatic rings. The third-order valence-electron chi connectivity index (χ3n) is 3.26. The summed E-state index contributed by atoms with van der Waals surface area (Å²) in [5, 5.41) is 8.96. The average Bonchev–Trinajstić information content (AvgIpc) is 2.76. The SMILES string of the molecule is Cn1oc(=O)c(C(=O)O)c1CC1CCCC1. The van der Waals surface area contributed by atoms with Crippen molar-refractivity contribution in [1.82, 2.24) is 4.74 Å². The summed E-state index contributed by atoms with van der Waals surface area (Å²) in [5.41, 5.74) is -0.429. The van der Waals surface area contributed by atoms with Crippen molar-refractivity contribution in [1.29, 1.82) is 0 Å². The van der Waals surface area contributed by atoms with Crippen LogP contribution in [-0.2, 0) is 13.5 Å². The van der Waals surface area contributed by atoms with Crippen LogP contribution >= 0.6 is 0 Å². The Labute approximate surface area is 92.6 Å². The van der Waals surface area contributed by atoms with E-state index in [9.17, 15) is 9.59 Å². The predicted octanol–water partition coefficient (Wildman–Crippen LogP) is 1.41. The molecule has 0 spiro atoms. The molecule has 5 nitrogen and oxygen atoms in total. The van der Waals surface area contributed by atoms with Crippen molar-refractivity contribution in [3.63, 3.8) is 0 Å². The highest BCUT2D eigenvalue weighted by Crippen LogP contribution is 2.28. The first-order chi connectivity index (χ1) is 7.59. The summed E-state index contributed by atoms with van der Waals surface area (Å²) in [4.78, 5) is 22.3. The Kier molecular flexibility index (Phi) is 2.85. The number of aromatic carboxylic acids is 1. The number of aryl methyl sites for hydroxylation is 1. The van der Waals surface area contributed by atoms with Gasteiger partial charge in [0.1, 0.15) is 0 Å². The van der Waals surface area contributed by atoms with E-state index >= 15 is 0 Å². The van der Waals surface area contributed by atoms with Gasteiger partial charge in [0.05, 0.1) is 5.69 Å². The maximum Gasteiger partial charge on any atom is 0.372 e. The van der Waals surface area contributed by atoms with Gasteiger partial charge in [-0.3, -0.25) is 0 Å². The lowest BCUT2D eigenvalue weighted by Crippen LogP contribution is -2.13. The van der Waals surface area contributed by atoms with Crippen LogP contribution in [0.3, 0.4) is 0 Å². The largest absolute Gasteiger partial charge is 0.477 e. The number of carbonyl (C=O) groups is 1. The van der Waals surface area contributed by atoms with Gasteiger partial charge in [0.25, 0.3) is 0 Å². The van der Waals surface area contributed by atoms with Gasteiger partial charge in [-0.2, -0.15) is 0 Å². The molecule has 0 radical (unpaired) electrons. The number of nitrogens with zero attached hydrogens (tertiary/aromatic N) is 1. The number of hydrogen-bond acceptors (Lipinski definition) is 3. The molecule has 1 saturated carbocycles. The lowest BCUT2D eigenvalue weighted by atomic mass is 9.99. The summed E-state index contributed by atoms with van der Waals surface area (Å²) in [5.74, 6) is -0.705. The molecular weight excluding hydrogens is 210 g/mol. The lowest BCUT2D eigenvalue weighted by Gasteiger charge is -2.08. The van der Waals surface area contributed by atoms with E-state index in [1.54, 1.807) is 7.05 Å². The molecule has 0 saturated heterocycles. The van der Waals surface area contributed by atoms with Gasteiger partial charge in [-0.05, 0) is 12.3 Å². The summed E-state index contributed by atoms with van der Waals surface area (Å²) < 4.78 is 6.09. The molecule has 0 atom stereocenters. The van der Waals surface area contributed by atoms with Crippen molar-refractivity contribution in [2.75, 3.05) is 0 Å². The van der Waals surface area contributed by atoms with Gasteiger partial charge in [0, 0.05) is 7.05 Å². The van der Waals surface area contributed by atoms with Crippen LogP contribution in [0.15, 0.2) is 9.32 Å². The fourth-order valence-corrected chi connectivity index (χ4v) is 2.43. The third kappa shape index (κ3) is 1.89. The highest BCUT2D eigenvalue weighted by molar-refractivity contribution is 5.88. The first kappa shape index (κ1) is 11.0. The van der Waals surface area contributed by atoms with Gasteiger partial charge in [0.2, 0.25) is 0 Å². The minimum absolute atomic E-state index is 0.200. The highest BCUT2D eigenvalue weighted by atomic mass is 16.5. The summed E-state index contributed by atoms with van der Waals surface area (Å²) in [6.07, 6.45) is 5.23. The van der Waals surface area contributed by atoms with E-state index in [2.05, 4.69) is 0 Å². The molecule has 88 valence electrons. The zero-order valence-corrected chi connectivity index (χ0v) is 9.23. The van der Waals surface area contributed by atoms with Crippen molar-refractivity contribution >= 4 is 5.97 Å². The summed E-state index contributed by atoms with van der Waals surface area (Å²) in [7, 11) is 1.58. The number of hydrogen-bond donors (Lipinski definition) is 1. The minimum atomic E-state index is -1.19. The molecule has 0 aliphatic heterocycles. The number of aromatic nitrogens is 1. The molecule has 16 heavy (non-hydrogen) atoms. The monoisotopic (exact) mass is 225 g/mol. The van der Waals surface area contributed by atoms with Crippen molar-refractivity contribution < 1.29 is 14.4 Å². The second-order valence-corrected chi connectivity index (χ2v) is 4.36. The van der Waals surface area contributed by atoms with Crippen LogP contribution in [0.25, 0.3) is 0 Å². The van der Waals surface area contributed by atoms with E-state index in [4.69, 9.17) is 9.63 Å². The van der Waals surface area contributed by atoms with Crippen LogP contribution in [-0.4, -0.2) is 15.8 Å². The van der Waals surface area contributed by atoms with Crippen molar-refractivity contribution in [3.8, 4) is 0 Å². The number of carboxylic acid groups (broad SMARTS) is 1. The van der Waals surface area contributed by atoms with E-state index in [1.807, 2.05) is 0 Å². The van der Waals surface area contributed by atoms with Crippen LogP contribution < -0.4 is 5.63 Å². The molecule has 1 aromatic heterocycles. The Hall–Kier alpha value is -1.52. The number of carboxylic acids is 1. The quantitative estimate of drug-likeness (QED) is 0.844. The zero-order valence-electron chi connectivity index (χ0n) is 9.23. The fraction of sp³-hybridized carbons (Fsp3) is 0.636. The van der Waals surface area contributed by atoms with Crippen LogP contribution in [0.2, 0.25) is 0 Å². The minimum Gasteiger partial charge on any atom is -0.477 e. The summed E-state index contributed by atoms with van der Waals surface area (Å²) >= 11 is 0. The molecule has 0 amide bonds. The molecule has 5 heteroatoms. The summed E-state index contributed by atoms with van der Waals surface area (Å²) in [6, 6.07) is 0. The van der Waals surface area contributed by atoms with E-state index in [0.29, 0.717) is 18.0 Å². The Bertz CT molecular complexity index is 451. The van der Waals surface area contributed by atoms with Crippen molar-refractivity contribution in [3.05, 3.63) is 21.7 Å². The second kappa shape index (κ2) is 4.15. The molecule has 1 N–H and O–H groups in total. The number of rotatable bonds is 3. The Morgan fingerprint density at radius 2 is 2.12 bits per heavy atom. The Morgan fingerprint density at radius 3 is 2.69 bits per heavy atom. The molecular formula is C11H15NO4. The van der Waals surface area contributed by atoms with E-state index < -0.39 is 11.6 Å². The van der Waals surface area contributed by atoms with Gasteiger partial charge < -0.3 is 9.63 Å². The lowest BCUT2D eigenvalue weighted by molar-refractivity contribution is 0.0693. The standard InChI is InChI=1S/C11H15NO4/c1-12-8(6-7-4-2-3-5-7)9(10(13)14)11(15)16-12/h7H,2-6H2,1H3,(H,13,14). The van der Waals surface area contributed by atoms with Gasteiger partial charge in [-0.25, -0.2) is 14.3 Å². The summed E-state index contributed by atoms with van der Waals surface area (Å²) in [6.45, 7) is 0. The van der Waals surface area contributed by atoms with Crippen LogP contribution in [0.1, 0.15) is 41.7 Å². The van der Waals surface area contributed by atoms with Gasteiger partial charge >= 0.3 is 11.6 Å². The second-order valence-electron chi connectivity index (χ2n) is 4.36. The van der Waals surface area contributed by atoms with Crippen molar-refractivity contribution in [2.24, 2.45) is 13.0 Å². The third-order valence-corrected chi connectivity index (χ3v) is 3.26.